The number of hydrazine groups is 1. The Hall–Kier alpha value is -3.36. The minimum Gasteiger partial charge on any atom is -0.361 e. The van der Waals surface area contributed by atoms with Gasteiger partial charge in [-0.15, -0.1) is 0 Å². The number of urea groups is 2. The first kappa shape index (κ1) is 14.6. The number of aromatic amines is 1. The predicted molar refractivity (Wildman–Crippen MR) is 85.9 cm³/mol. The van der Waals surface area contributed by atoms with Gasteiger partial charge in [0.1, 0.15) is 0 Å². The molecule has 0 radical (unpaired) electrons. The number of aromatic nitrogens is 1. The van der Waals surface area contributed by atoms with Crippen molar-refractivity contribution >= 4 is 34.9 Å². The zero-order chi connectivity index (χ0) is 16.2. The molecule has 0 bridgehead atoms. The van der Waals surface area contributed by atoms with Gasteiger partial charge in [0.05, 0.1) is 18.5 Å². The lowest BCUT2D eigenvalue weighted by molar-refractivity contribution is 0.173. The molecule has 0 saturated carbocycles. The number of nitrogens with one attached hydrogen (secondary N) is 4. The van der Waals surface area contributed by atoms with E-state index in [1.807, 2.05) is 24.3 Å². The summed E-state index contributed by atoms with van der Waals surface area (Å²) >= 11 is 0. The van der Waals surface area contributed by atoms with Crippen LogP contribution in [-0.2, 0) is 0 Å². The quantitative estimate of drug-likeness (QED) is 0.502. The van der Waals surface area contributed by atoms with Crippen molar-refractivity contribution in [3.63, 3.8) is 0 Å². The van der Waals surface area contributed by atoms with Gasteiger partial charge in [-0.1, -0.05) is 18.2 Å². The number of hydrogen-bond donors (Lipinski definition) is 4. The number of rotatable bonds is 3. The second kappa shape index (κ2) is 6.18. The van der Waals surface area contributed by atoms with Crippen molar-refractivity contribution in [1.29, 1.82) is 0 Å². The molecular weight excluding hydrogens is 298 g/mol. The summed E-state index contributed by atoms with van der Waals surface area (Å²) in [6.45, 7) is 1.95. The molecule has 118 valence electrons. The van der Waals surface area contributed by atoms with Gasteiger partial charge >= 0.3 is 12.1 Å². The third-order valence-electron chi connectivity index (χ3n) is 3.20. The minimum absolute atomic E-state index is 0.214. The zero-order valence-corrected chi connectivity index (χ0v) is 12.3. The highest BCUT2D eigenvalue weighted by atomic mass is 16.2. The van der Waals surface area contributed by atoms with Gasteiger partial charge in [0.2, 0.25) is 0 Å². The number of para-hydroxylation sites is 1. The summed E-state index contributed by atoms with van der Waals surface area (Å²) in [6.07, 6.45) is 3.33. The SMILES string of the molecule is CC1=NNC(=O)N(NC(=O)N/N=C/c2c[nH]c3ccccc23)C1. The van der Waals surface area contributed by atoms with E-state index in [-0.39, 0.29) is 6.54 Å². The standard InChI is InChI=1S/C14H15N7O2/c1-9-8-21(14(23)19-17-9)20-13(22)18-16-7-10-6-15-12-5-3-2-4-11(10)12/h2-7,15H,8H2,1H3,(H,19,23)(H2,18,20,22)/b16-7+. The Morgan fingerprint density at radius 2 is 2.26 bits per heavy atom. The normalized spacial score (nSPS) is 14.7. The van der Waals surface area contributed by atoms with E-state index in [1.165, 1.54) is 6.21 Å². The van der Waals surface area contributed by atoms with E-state index in [0.29, 0.717) is 5.71 Å². The van der Waals surface area contributed by atoms with Crippen molar-refractivity contribution in [1.82, 2.24) is 26.3 Å². The first-order valence-corrected chi connectivity index (χ1v) is 6.90. The average molecular weight is 313 g/mol. The van der Waals surface area contributed by atoms with E-state index in [1.54, 1.807) is 13.1 Å². The molecular formula is C14H15N7O2. The van der Waals surface area contributed by atoms with Crippen LogP contribution in [0.3, 0.4) is 0 Å². The number of nitrogens with zero attached hydrogens (tertiary/aromatic N) is 3. The van der Waals surface area contributed by atoms with Crippen molar-refractivity contribution in [2.75, 3.05) is 6.54 Å². The summed E-state index contributed by atoms with van der Waals surface area (Å²) < 4.78 is 0. The van der Waals surface area contributed by atoms with Gasteiger partial charge in [0.25, 0.3) is 0 Å². The smallest absolute Gasteiger partial charge is 0.356 e. The second-order valence-corrected chi connectivity index (χ2v) is 4.95. The fourth-order valence-corrected chi connectivity index (χ4v) is 2.14. The molecule has 2 heterocycles. The predicted octanol–water partition coefficient (Wildman–Crippen LogP) is 1.12. The largest absolute Gasteiger partial charge is 0.361 e. The van der Waals surface area contributed by atoms with E-state index in [0.717, 1.165) is 21.5 Å². The Labute approximate surface area is 131 Å². The lowest BCUT2D eigenvalue weighted by Gasteiger charge is -2.25. The topological polar surface area (TPSA) is 114 Å². The van der Waals surface area contributed by atoms with Crippen LogP contribution in [0.25, 0.3) is 10.9 Å². The van der Waals surface area contributed by atoms with Gasteiger partial charge in [-0.2, -0.15) is 10.2 Å². The summed E-state index contributed by atoms with van der Waals surface area (Å²) in [6, 6.07) is 6.63. The van der Waals surface area contributed by atoms with Crippen molar-refractivity contribution in [2.45, 2.75) is 6.92 Å². The molecule has 0 aliphatic carbocycles. The molecule has 1 aliphatic heterocycles. The van der Waals surface area contributed by atoms with Crippen LogP contribution >= 0.6 is 0 Å². The van der Waals surface area contributed by atoms with Crippen LogP contribution in [-0.4, -0.2) is 40.5 Å². The summed E-state index contributed by atoms with van der Waals surface area (Å²) in [5, 5.41) is 9.75. The van der Waals surface area contributed by atoms with Crippen LogP contribution in [0.4, 0.5) is 9.59 Å². The molecule has 9 heteroatoms. The lowest BCUT2D eigenvalue weighted by Crippen LogP contribution is -2.55. The van der Waals surface area contributed by atoms with E-state index in [2.05, 4.69) is 31.5 Å². The molecule has 1 aliphatic rings. The zero-order valence-electron chi connectivity index (χ0n) is 12.3. The maximum Gasteiger partial charge on any atom is 0.356 e. The Bertz CT molecular complexity index is 808. The molecule has 0 unspecified atom stereocenters. The van der Waals surface area contributed by atoms with E-state index < -0.39 is 12.1 Å². The highest BCUT2D eigenvalue weighted by molar-refractivity contribution is 5.99. The molecule has 3 rings (SSSR count). The van der Waals surface area contributed by atoms with Crippen molar-refractivity contribution in [2.24, 2.45) is 10.2 Å². The van der Waals surface area contributed by atoms with Crippen LogP contribution in [0.5, 0.6) is 0 Å². The summed E-state index contributed by atoms with van der Waals surface area (Å²) in [5.41, 5.74) is 9.48. The maximum atomic E-state index is 11.8. The Morgan fingerprint density at radius 3 is 3.13 bits per heavy atom. The van der Waals surface area contributed by atoms with Gasteiger partial charge in [-0.3, -0.25) is 0 Å². The molecule has 0 fully saturated rings. The maximum absolute atomic E-state index is 11.8. The van der Waals surface area contributed by atoms with Crippen LogP contribution in [0, 0.1) is 0 Å². The molecule has 9 nitrogen and oxygen atoms in total. The molecule has 1 aromatic carbocycles. The molecule has 0 spiro atoms. The van der Waals surface area contributed by atoms with Gasteiger partial charge in [-0.25, -0.2) is 30.9 Å². The Balaban J connectivity index is 1.58. The second-order valence-electron chi connectivity index (χ2n) is 4.95. The first-order chi connectivity index (χ1) is 11.1. The number of fused-ring (bicyclic) bond motifs is 1. The Morgan fingerprint density at radius 1 is 1.43 bits per heavy atom. The number of hydrogen-bond acceptors (Lipinski definition) is 4. The van der Waals surface area contributed by atoms with Crippen LogP contribution < -0.4 is 16.3 Å². The number of amides is 4. The van der Waals surface area contributed by atoms with Gasteiger partial charge in [-0.05, 0) is 13.0 Å². The monoisotopic (exact) mass is 313 g/mol. The third-order valence-corrected chi connectivity index (χ3v) is 3.20. The lowest BCUT2D eigenvalue weighted by atomic mass is 10.2. The number of benzene rings is 1. The fraction of sp³-hybridized carbons (Fsp3) is 0.143. The molecule has 0 saturated heterocycles. The molecule has 4 amide bonds. The fourth-order valence-electron chi connectivity index (χ4n) is 2.14. The molecule has 4 N–H and O–H groups in total. The number of carbonyl (C=O) groups is 2. The van der Waals surface area contributed by atoms with Crippen molar-refractivity contribution in [3.8, 4) is 0 Å². The molecule has 1 aromatic heterocycles. The average Bonchev–Trinajstić information content (AvgIpc) is 2.94. The van der Waals surface area contributed by atoms with Crippen LogP contribution in [0.2, 0.25) is 0 Å². The van der Waals surface area contributed by atoms with Gasteiger partial charge in [0, 0.05) is 22.7 Å². The number of carbonyl (C=O) groups excluding carboxylic acids is 2. The minimum atomic E-state index is -0.619. The summed E-state index contributed by atoms with van der Waals surface area (Å²) in [5.74, 6) is 0. The van der Waals surface area contributed by atoms with Gasteiger partial charge < -0.3 is 4.98 Å². The number of H-pyrrole nitrogens is 1. The Kier molecular flexibility index (Phi) is 3.91. The summed E-state index contributed by atoms with van der Waals surface area (Å²) in [4.78, 5) is 26.4. The van der Waals surface area contributed by atoms with Crippen molar-refractivity contribution < 1.29 is 9.59 Å². The first-order valence-electron chi connectivity index (χ1n) is 6.90. The highest BCUT2D eigenvalue weighted by Crippen LogP contribution is 2.15. The van der Waals surface area contributed by atoms with Crippen molar-refractivity contribution in [3.05, 3.63) is 36.0 Å². The molecule has 0 atom stereocenters. The van der Waals surface area contributed by atoms with E-state index in [9.17, 15) is 9.59 Å². The highest BCUT2D eigenvalue weighted by Gasteiger charge is 2.20. The number of hydrazone groups is 2. The molecule has 2 aromatic rings. The van der Waals surface area contributed by atoms with Crippen LogP contribution in [0.1, 0.15) is 12.5 Å². The van der Waals surface area contributed by atoms with Crippen LogP contribution in [0.15, 0.2) is 40.7 Å². The van der Waals surface area contributed by atoms with E-state index >= 15 is 0 Å². The molecule has 23 heavy (non-hydrogen) atoms. The van der Waals surface area contributed by atoms with Gasteiger partial charge in [0.15, 0.2) is 0 Å². The third kappa shape index (κ3) is 3.28. The summed E-state index contributed by atoms with van der Waals surface area (Å²) in [7, 11) is 0. The van der Waals surface area contributed by atoms with E-state index in [4.69, 9.17) is 0 Å².